The molecule has 8 heteroatoms. The van der Waals surface area contributed by atoms with Gasteiger partial charge in [0.2, 0.25) is 5.91 Å². The first kappa shape index (κ1) is 15.5. The van der Waals surface area contributed by atoms with E-state index in [1.165, 1.54) is 6.07 Å². The third kappa shape index (κ3) is 3.83. The summed E-state index contributed by atoms with van der Waals surface area (Å²) in [6, 6.07) is 1.99. The van der Waals surface area contributed by atoms with Crippen molar-refractivity contribution in [2.24, 2.45) is 5.92 Å². The van der Waals surface area contributed by atoms with Crippen LogP contribution in [-0.2, 0) is 11.0 Å². The summed E-state index contributed by atoms with van der Waals surface area (Å²) >= 11 is 0. The maximum Gasteiger partial charge on any atom is 0.435 e. The smallest absolute Gasteiger partial charge is 0.365 e. The van der Waals surface area contributed by atoms with Crippen LogP contribution in [0.15, 0.2) is 12.1 Å². The van der Waals surface area contributed by atoms with E-state index >= 15 is 0 Å². The minimum Gasteiger partial charge on any atom is -0.365 e. The number of amides is 1. The average molecular weight is 302 g/mol. The molecule has 0 saturated heterocycles. The predicted molar refractivity (Wildman–Crippen MR) is 70.5 cm³/mol. The first-order valence-electron chi connectivity index (χ1n) is 6.81. The molecule has 1 aromatic rings. The van der Waals surface area contributed by atoms with Crippen molar-refractivity contribution in [3.8, 4) is 0 Å². The van der Waals surface area contributed by atoms with E-state index in [1.54, 1.807) is 7.05 Å². The van der Waals surface area contributed by atoms with Gasteiger partial charge in [0.05, 0.1) is 5.92 Å². The second-order valence-electron chi connectivity index (χ2n) is 5.06. The summed E-state index contributed by atoms with van der Waals surface area (Å²) in [6.07, 6.45) is -1.03. The van der Waals surface area contributed by atoms with Crippen LogP contribution in [0.5, 0.6) is 0 Å². The van der Waals surface area contributed by atoms with E-state index in [0.29, 0.717) is 0 Å². The van der Waals surface area contributed by atoms with Crippen LogP contribution in [0.4, 0.5) is 19.0 Å². The molecule has 1 aliphatic carbocycles. The molecule has 1 amide bonds. The first-order valence-corrected chi connectivity index (χ1v) is 6.81. The molecule has 1 aromatic heterocycles. The summed E-state index contributed by atoms with van der Waals surface area (Å²) < 4.78 is 37.2. The van der Waals surface area contributed by atoms with Gasteiger partial charge >= 0.3 is 6.18 Å². The lowest BCUT2D eigenvalue weighted by Gasteiger charge is -2.31. The number of nitrogens with one attached hydrogen (secondary N) is 2. The zero-order valence-electron chi connectivity index (χ0n) is 11.6. The van der Waals surface area contributed by atoms with E-state index in [1.807, 2.05) is 0 Å². The Balaban J connectivity index is 2.07. The number of halogens is 3. The molecule has 116 valence electrons. The summed E-state index contributed by atoms with van der Waals surface area (Å²) in [6.45, 7) is 0. The summed E-state index contributed by atoms with van der Waals surface area (Å²) in [5, 5.41) is 12.4. The molecular weight excluding hydrogens is 285 g/mol. The molecule has 21 heavy (non-hydrogen) atoms. The van der Waals surface area contributed by atoms with Gasteiger partial charge in [0.25, 0.3) is 0 Å². The maximum absolute atomic E-state index is 12.4. The Morgan fingerprint density at radius 3 is 2.52 bits per heavy atom. The monoisotopic (exact) mass is 302 g/mol. The quantitative estimate of drug-likeness (QED) is 0.898. The number of carbonyl (C=O) groups excluding carboxylic acids is 1. The molecule has 0 aromatic carbocycles. The van der Waals surface area contributed by atoms with Crippen molar-refractivity contribution >= 4 is 11.7 Å². The summed E-state index contributed by atoms with van der Waals surface area (Å²) in [7, 11) is 1.58. The average Bonchev–Trinajstić information content (AvgIpc) is 2.46. The van der Waals surface area contributed by atoms with E-state index in [-0.39, 0.29) is 23.7 Å². The number of nitrogens with zero attached hydrogens (tertiary/aromatic N) is 2. The lowest BCUT2D eigenvalue weighted by Crippen LogP contribution is -2.42. The van der Waals surface area contributed by atoms with Crippen LogP contribution in [0.25, 0.3) is 0 Å². The third-order valence-corrected chi connectivity index (χ3v) is 3.64. The fourth-order valence-electron chi connectivity index (χ4n) is 2.55. The van der Waals surface area contributed by atoms with Gasteiger partial charge in [0.1, 0.15) is 5.82 Å². The number of rotatable bonds is 3. The molecule has 1 fully saturated rings. The van der Waals surface area contributed by atoms with Crippen LogP contribution < -0.4 is 10.6 Å². The van der Waals surface area contributed by atoms with Crippen LogP contribution in [0.3, 0.4) is 0 Å². The highest BCUT2D eigenvalue weighted by molar-refractivity contribution is 5.79. The number of aromatic nitrogens is 2. The maximum atomic E-state index is 12.4. The molecule has 1 heterocycles. The van der Waals surface area contributed by atoms with Crippen molar-refractivity contribution in [2.75, 3.05) is 12.4 Å². The topological polar surface area (TPSA) is 66.9 Å². The zero-order chi connectivity index (χ0) is 15.5. The van der Waals surface area contributed by atoms with E-state index < -0.39 is 11.9 Å². The van der Waals surface area contributed by atoms with Crippen LogP contribution in [0.1, 0.15) is 31.4 Å². The standard InChI is InChI=1S/C13H17F3N4O/c1-17-12(21)8-4-2-3-5-9(8)18-11-7-6-10(19-20-11)13(14,15)16/h6-9H,2-5H2,1H3,(H,17,21)(H,18,20)/t8-,9-/m1/s1. The summed E-state index contributed by atoms with van der Waals surface area (Å²) in [4.78, 5) is 11.8. The van der Waals surface area contributed by atoms with Crippen LogP contribution in [-0.4, -0.2) is 29.2 Å². The lowest BCUT2D eigenvalue weighted by atomic mass is 9.84. The Hall–Kier alpha value is -1.86. The number of carbonyl (C=O) groups is 1. The lowest BCUT2D eigenvalue weighted by molar-refractivity contribution is -0.141. The number of alkyl halides is 3. The molecule has 2 N–H and O–H groups in total. The molecule has 1 saturated carbocycles. The van der Waals surface area contributed by atoms with Gasteiger partial charge in [-0.1, -0.05) is 12.8 Å². The van der Waals surface area contributed by atoms with Crippen molar-refractivity contribution < 1.29 is 18.0 Å². The number of anilines is 1. The predicted octanol–water partition coefficient (Wildman–Crippen LogP) is 2.21. The highest BCUT2D eigenvalue weighted by Gasteiger charge is 2.34. The van der Waals surface area contributed by atoms with Gasteiger partial charge in [-0.05, 0) is 25.0 Å². The molecule has 5 nitrogen and oxygen atoms in total. The molecule has 0 radical (unpaired) electrons. The van der Waals surface area contributed by atoms with E-state index in [2.05, 4.69) is 20.8 Å². The largest absolute Gasteiger partial charge is 0.435 e. The fraction of sp³-hybridized carbons (Fsp3) is 0.615. The molecular formula is C13H17F3N4O. The molecule has 0 aliphatic heterocycles. The van der Waals surface area contributed by atoms with Gasteiger partial charge in [-0.15, -0.1) is 10.2 Å². The Kier molecular flexibility index (Phi) is 4.64. The summed E-state index contributed by atoms with van der Waals surface area (Å²) in [5.74, 6) is -0.0104. The van der Waals surface area contributed by atoms with Crippen molar-refractivity contribution in [3.63, 3.8) is 0 Å². The van der Waals surface area contributed by atoms with Crippen molar-refractivity contribution in [1.82, 2.24) is 15.5 Å². The van der Waals surface area contributed by atoms with Gasteiger partial charge in [-0.3, -0.25) is 4.79 Å². The molecule has 2 atom stereocenters. The van der Waals surface area contributed by atoms with E-state index in [4.69, 9.17) is 0 Å². The van der Waals surface area contributed by atoms with E-state index in [9.17, 15) is 18.0 Å². The Morgan fingerprint density at radius 1 is 1.24 bits per heavy atom. The highest BCUT2D eigenvalue weighted by atomic mass is 19.4. The molecule has 0 unspecified atom stereocenters. The van der Waals surface area contributed by atoms with Crippen molar-refractivity contribution in [3.05, 3.63) is 17.8 Å². The first-order chi connectivity index (χ1) is 9.91. The Labute approximate surface area is 120 Å². The Bertz CT molecular complexity index is 489. The second-order valence-corrected chi connectivity index (χ2v) is 5.06. The SMILES string of the molecule is CNC(=O)[C@@H]1CCCC[C@H]1Nc1ccc(C(F)(F)F)nn1. The number of hydrogen-bond donors (Lipinski definition) is 2. The molecule has 1 aliphatic rings. The highest BCUT2D eigenvalue weighted by Crippen LogP contribution is 2.29. The van der Waals surface area contributed by atoms with Crippen LogP contribution in [0.2, 0.25) is 0 Å². The van der Waals surface area contributed by atoms with Crippen molar-refractivity contribution in [1.29, 1.82) is 0 Å². The second kappa shape index (κ2) is 6.28. The van der Waals surface area contributed by atoms with Crippen LogP contribution >= 0.6 is 0 Å². The normalized spacial score (nSPS) is 22.7. The van der Waals surface area contributed by atoms with E-state index in [0.717, 1.165) is 31.7 Å². The molecule has 2 rings (SSSR count). The van der Waals surface area contributed by atoms with Gasteiger partial charge in [-0.2, -0.15) is 13.2 Å². The number of hydrogen-bond acceptors (Lipinski definition) is 4. The molecule has 0 bridgehead atoms. The zero-order valence-corrected chi connectivity index (χ0v) is 11.6. The van der Waals surface area contributed by atoms with Crippen LogP contribution in [0, 0.1) is 5.92 Å². The third-order valence-electron chi connectivity index (χ3n) is 3.64. The van der Waals surface area contributed by atoms with Gasteiger partial charge in [0, 0.05) is 13.1 Å². The summed E-state index contributed by atoms with van der Waals surface area (Å²) in [5.41, 5.74) is -1.03. The fourth-order valence-corrected chi connectivity index (χ4v) is 2.55. The van der Waals surface area contributed by atoms with Crippen molar-refractivity contribution in [2.45, 2.75) is 37.9 Å². The minimum atomic E-state index is -4.50. The molecule has 0 spiro atoms. The Morgan fingerprint density at radius 2 is 1.95 bits per heavy atom. The van der Waals surface area contributed by atoms with Gasteiger partial charge in [0.15, 0.2) is 5.69 Å². The van der Waals surface area contributed by atoms with Gasteiger partial charge in [-0.25, -0.2) is 0 Å². The minimum absolute atomic E-state index is 0.0629. The van der Waals surface area contributed by atoms with Gasteiger partial charge < -0.3 is 10.6 Å².